The largest absolute Gasteiger partial charge is 0.406 e. The Labute approximate surface area is 157 Å². The summed E-state index contributed by atoms with van der Waals surface area (Å²) >= 11 is 0. The predicted molar refractivity (Wildman–Crippen MR) is 104 cm³/mol. The van der Waals surface area contributed by atoms with Crippen LogP contribution in [-0.2, 0) is 6.54 Å². The minimum atomic E-state index is -0.362. The van der Waals surface area contributed by atoms with Gasteiger partial charge in [0.15, 0.2) is 0 Å². The van der Waals surface area contributed by atoms with Crippen molar-refractivity contribution < 1.29 is 14.3 Å². The molecule has 0 spiro atoms. The fourth-order valence-electron chi connectivity index (χ4n) is 2.09. The van der Waals surface area contributed by atoms with E-state index < -0.39 is 0 Å². The van der Waals surface area contributed by atoms with Crippen molar-refractivity contribution in [2.75, 3.05) is 5.32 Å². The maximum absolute atomic E-state index is 12.1. The molecule has 0 fully saturated rings. The van der Waals surface area contributed by atoms with Crippen molar-refractivity contribution in [2.24, 2.45) is 11.5 Å². The van der Waals surface area contributed by atoms with Crippen LogP contribution in [0.3, 0.4) is 0 Å². The highest BCUT2D eigenvalue weighted by Crippen LogP contribution is 2.23. The summed E-state index contributed by atoms with van der Waals surface area (Å²) in [6.07, 6.45) is 6.30. The van der Waals surface area contributed by atoms with Crippen molar-refractivity contribution in [3.05, 3.63) is 60.2 Å². The minimum Gasteiger partial charge on any atom is -0.406 e. The molecule has 0 bridgehead atoms. The van der Waals surface area contributed by atoms with Gasteiger partial charge in [0.05, 0.1) is 0 Å². The van der Waals surface area contributed by atoms with Crippen LogP contribution in [0, 0.1) is 24.3 Å². The van der Waals surface area contributed by atoms with E-state index in [2.05, 4.69) is 41.5 Å². The Morgan fingerprint density at radius 1 is 1.04 bits per heavy atom. The van der Waals surface area contributed by atoms with Gasteiger partial charge in [-0.05, 0) is 35.4 Å². The van der Waals surface area contributed by atoms with Crippen molar-refractivity contribution in [1.82, 2.24) is 5.32 Å². The molecule has 2 aromatic rings. The van der Waals surface area contributed by atoms with Crippen molar-refractivity contribution in [3.63, 3.8) is 0 Å². The second-order valence-corrected chi connectivity index (χ2v) is 5.14. The molecule has 136 valence electrons. The number of hydrogen-bond donors (Lipinski definition) is 4. The molecular weight excluding hydrogens is 344 g/mol. The monoisotopic (exact) mass is 362 g/mol. The Kier molecular flexibility index (Phi) is 7.02. The second kappa shape index (κ2) is 9.92. The molecule has 2 amide bonds. The number of nitrogens with two attached hydrogens (primary N) is 2. The molecular formula is C20H18N4O3. The van der Waals surface area contributed by atoms with Gasteiger partial charge >= 0.3 is 6.03 Å². The quantitative estimate of drug-likeness (QED) is 0.465. The number of amides is 2. The lowest BCUT2D eigenvalue weighted by Crippen LogP contribution is -2.28. The Balaban J connectivity index is 2.02. The maximum atomic E-state index is 12.1. The number of benzene rings is 2. The summed E-state index contributed by atoms with van der Waals surface area (Å²) in [4.78, 5) is 12.1. The van der Waals surface area contributed by atoms with Gasteiger partial charge in [0.25, 0.3) is 0 Å². The predicted octanol–water partition coefficient (Wildman–Crippen LogP) is 2.16. The third-order valence-corrected chi connectivity index (χ3v) is 3.25. The summed E-state index contributed by atoms with van der Waals surface area (Å²) < 4.78 is 10.3. The molecule has 0 aliphatic rings. The SMILES string of the molecule is C=Cc1ccc(NC(=O)NCc2cc(OC#CN)cc(OC#CN)c2)cc1. The number of anilines is 1. The fourth-order valence-corrected chi connectivity index (χ4v) is 2.09. The lowest BCUT2D eigenvalue weighted by Gasteiger charge is -2.10. The second-order valence-electron chi connectivity index (χ2n) is 5.14. The molecule has 0 saturated heterocycles. The standard InChI is InChI=1S/C20H18N4O3/c1-2-15-3-5-17(6-4-15)24-20(25)23-14-16-11-18(26-9-7-21)13-19(12-16)27-10-8-22/h2-6,11-13H,1,14,21-22H2,(H2,23,24,25). The summed E-state index contributed by atoms with van der Waals surface area (Å²) in [7, 11) is 0. The maximum Gasteiger partial charge on any atom is 0.319 e. The molecule has 0 atom stereocenters. The van der Waals surface area contributed by atoms with Gasteiger partial charge < -0.3 is 31.6 Å². The molecule has 0 heterocycles. The lowest BCUT2D eigenvalue weighted by atomic mass is 10.2. The van der Waals surface area contributed by atoms with E-state index >= 15 is 0 Å². The van der Waals surface area contributed by atoms with Crippen molar-refractivity contribution >= 4 is 17.8 Å². The van der Waals surface area contributed by atoms with E-state index in [0.29, 0.717) is 22.7 Å². The first-order valence-electron chi connectivity index (χ1n) is 7.81. The van der Waals surface area contributed by atoms with Crippen LogP contribution >= 0.6 is 0 Å². The molecule has 7 nitrogen and oxygen atoms in total. The van der Waals surface area contributed by atoms with Gasteiger partial charge in [0, 0.05) is 30.4 Å². The third-order valence-electron chi connectivity index (χ3n) is 3.25. The summed E-state index contributed by atoms with van der Waals surface area (Å²) in [5.41, 5.74) is 12.5. The van der Waals surface area contributed by atoms with Gasteiger partial charge in [0.2, 0.25) is 0 Å². The highest BCUT2D eigenvalue weighted by Gasteiger charge is 2.06. The normalized spacial score (nSPS) is 8.89. The van der Waals surface area contributed by atoms with E-state index in [9.17, 15) is 4.79 Å². The van der Waals surface area contributed by atoms with Gasteiger partial charge in [0.1, 0.15) is 23.7 Å². The van der Waals surface area contributed by atoms with Gasteiger partial charge in [-0.1, -0.05) is 24.8 Å². The van der Waals surface area contributed by atoms with Gasteiger partial charge in [-0.15, -0.1) is 0 Å². The first-order valence-corrected chi connectivity index (χ1v) is 7.81. The Hall–Kier alpha value is -4.23. The van der Waals surface area contributed by atoms with Crippen LogP contribution in [0.15, 0.2) is 49.0 Å². The molecule has 2 rings (SSSR count). The zero-order valence-corrected chi connectivity index (χ0v) is 14.4. The molecule has 0 unspecified atom stereocenters. The first-order chi connectivity index (χ1) is 13.1. The number of carbonyl (C=O) groups excluding carboxylic acids is 1. The molecule has 0 aliphatic carbocycles. The minimum absolute atomic E-state index is 0.218. The summed E-state index contributed by atoms with van der Waals surface area (Å²) in [6, 6.07) is 16.1. The zero-order valence-electron chi connectivity index (χ0n) is 14.4. The summed E-state index contributed by atoms with van der Waals surface area (Å²) in [5, 5.41) is 5.48. The van der Waals surface area contributed by atoms with Crippen LogP contribution in [0.4, 0.5) is 10.5 Å². The van der Waals surface area contributed by atoms with Crippen LogP contribution in [0.2, 0.25) is 0 Å². The van der Waals surface area contributed by atoms with Crippen molar-refractivity contribution in [2.45, 2.75) is 6.54 Å². The topological polar surface area (TPSA) is 112 Å². The highest BCUT2D eigenvalue weighted by molar-refractivity contribution is 5.89. The Bertz CT molecular complexity index is 891. The molecule has 0 saturated carbocycles. The number of ether oxygens (including phenoxy) is 2. The molecule has 6 N–H and O–H groups in total. The van der Waals surface area contributed by atoms with Gasteiger partial charge in [-0.25, -0.2) is 4.79 Å². The molecule has 2 aromatic carbocycles. The van der Waals surface area contributed by atoms with E-state index in [1.54, 1.807) is 36.4 Å². The van der Waals surface area contributed by atoms with E-state index in [1.807, 2.05) is 12.1 Å². The molecule has 0 radical (unpaired) electrons. The van der Waals surface area contributed by atoms with Crippen LogP contribution in [0.25, 0.3) is 6.08 Å². The van der Waals surface area contributed by atoms with E-state index in [4.69, 9.17) is 20.9 Å². The fraction of sp³-hybridized carbons (Fsp3) is 0.0500. The van der Waals surface area contributed by atoms with E-state index in [0.717, 1.165) is 5.56 Å². The molecule has 0 aromatic heterocycles. The summed E-state index contributed by atoms with van der Waals surface area (Å²) in [5.74, 6) is 0.781. The van der Waals surface area contributed by atoms with E-state index in [1.165, 1.54) is 0 Å². The molecule has 27 heavy (non-hydrogen) atoms. The third kappa shape index (κ3) is 6.29. The van der Waals surface area contributed by atoms with Crippen LogP contribution in [0.5, 0.6) is 11.5 Å². The number of carbonyl (C=O) groups is 1. The highest BCUT2D eigenvalue weighted by atomic mass is 16.5. The Morgan fingerprint density at radius 2 is 1.63 bits per heavy atom. The summed E-state index contributed by atoms with van der Waals surface area (Å²) in [6.45, 7) is 3.90. The number of urea groups is 1. The molecule has 0 aliphatic heterocycles. The van der Waals surface area contributed by atoms with Gasteiger partial charge in [-0.2, -0.15) is 0 Å². The zero-order chi connectivity index (χ0) is 19.5. The first kappa shape index (κ1) is 19.1. The van der Waals surface area contributed by atoms with Crippen molar-refractivity contribution in [1.29, 1.82) is 0 Å². The van der Waals surface area contributed by atoms with Crippen LogP contribution < -0.4 is 31.6 Å². The number of hydrogen-bond acceptors (Lipinski definition) is 5. The van der Waals surface area contributed by atoms with Crippen LogP contribution in [0.1, 0.15) is 11.1 Å². The van der Waals surface area contributed by atoms with Gasteiger partial charge in [-0.3, -0.25) is 0 Å². The molecule has 7 heteroatoms. The average Bonchev–Trinajstić information content (AvgIpc) is 2.69. The number of rotatable bonds is 6. The number of nitrogens with one attached hydrogen (secondary N) is 2. The Morgan fingerprint density at radius 3 is 2.15 bits per heavy atom. The lowest BCUT2D eigenvalue weighted by molar-refractivity contribution is 0.251. The smallest absolute Gasteiger partial charge is 0.319 e. The average molecular weight is 362 g/mol. The van der Waals surface area contributed by atoms with Crippen LogP contribution in [-0.4, -0.2) is 6.03 Å². The van der Waals surface area contributed by atoms with E-state index in [-0.39, 0.29) is 12.6 Å². The van der Waals surface area contributed by atoms with Crippen molar-refractivity contribution in [3.8, 4) is 35.8 Å².